The van der Waals surface area contributed by atoms with Crippen LogP contribution >= 0.6 is 0 Å². The highest BCUT2D eigenvalue weighted by molar-refractivity contribution is 6.02. The third kappa shape index (κ3) is 5.01. The molecule has 152 valence electrons. The summed E-state index contributed by atoms with van der Waals surface area (Å²) in [5.74, 6) is -0.870. The molecule has 1 atom stereocenters. The van der Waals surface area contributed by atoms with Crippen LogP contribution in [0.5, 0.6) is 0 Å². The monoisotopic (exact) mass is 400 g/mol. The molecule has 5 nitrogen and oxygen atoms in total. The number of hydrogen-bond donors (Lipinski definition) is 2. The Morgan fingerprint density at radius 3 is 2.10 bits per heavy atom. The topological polar surface area (TPSA) is 67.4 Å². The van der Waals surface area contributed by atoms with Crippen LogP contribution in [0.4, 0.5) is 5.69 Å². The predicted molar refractivity (Wildman–Crippen MR) is 119 cm³/mol. The number of carbonyl (C=O) groups is 2. The van der Waals surface area contributed by atoms with Gasteiger partial charge in [-0.2, -0.15) is 0 Å². The van der Waals surface area contributed by atoms with Crippen LogP contribution in [0.25, 0.3) is 5.57 Å². The van der Waals surface area contributed by atoms with Crippen LogP contribution < -0.4 is 10.6 Å². The Morgan fingerprint density at radius 2 is 1.50 bits per heavy atom. The zero-order chi connectivity index (χ0) is 21.5. The smallest absolute Gasteiger partial charge is 0.274 e. The molecule has 2 N–H and O–H groups in total. The lowest BCUT2D eigenvalue weighted by molar-refractivity contribution is -0.126. The van der Waals surface area contributed by atoms with E-state index in [1.165, 1.54) is 7.11 Å². The van der Waals surface area contributed by atoms with E-state index < -0.39 is 18.0 Å². The number of anilines is 1. The molecule has 0 saturated carbocycles. The largest absolute Gasteiger partial charge is 0.353 e. The summed E-state index contributed by atoms with van der Waals surface area (Å²) in [6, 6.07) is 24.2. The van der Waals surface area contributed by atoms with Gasteiger partial charge in [-0.1, -0.05) is 67.2 Å². The van der Waals surface area contributed by atoms with E-state index in [9.17, 15) is 9.59 Å². The lowest BCUT2D eigenvalue weighted by Crippen LogP contribution is -2.45. The molecule has 3 rings (SSSR count). The second-order valence-electron chi connectivity index (χ2n) is 6.84. The van der Waals surface area contributed by atoms with Crippen LogP contribution in [-0.4, -0.2) is 25.2 Å². The van der Waals surface area contributed by atoms with Crippen molar-refractivity contribution >= 4 is 23.1 Å². The first-order valence-electron chi connectivity index (χ1n) is 9.54. The fourth-order valence-electron chi connectivity index (χ4n) is 3.04. The Balaban J connectivity index is 1.80. The van der Waals surface area contributed by atoms with Crippen molar-refractivity contribution in [1.82, 2.24) is 5.32 Å². The zero-order valence-electron chi connectivity index (χ0n) is 17.0. The first-order valence-corrected chi connectivity index (χ1v) is 9.54. The van der Waals surface area contributed by atoms with Crippen LogP contribution in [0.15, 0.2) is 85.4 Å². The third-order valence-electron chi connectivity index (χ3n) is 4.65. The van der Waals surface area contributed by atoms with Crippen molar-refractivity contribution in [2.45, 2.75) is 13.2 Å². The molecule has 0 bridgehead atoms. The third-order valence-corrected chi connectivity index (χ3v) is 4.65. The number of hydrogen-bond acceptors (Lipinski definition) is 3. The molecule has 0 aliphatic heterocycles. The van der Waals surface area contributed by atoms with Crippen LogP contribution in [0, 0.1) is 6.92 Å². The molecule has 0 radical (unpaired) electrons. The summed E-state index contributed by atoms with van der Waals surface area (Å²) in [7, 11) is 1.37. The lowest BCUT2D eigenvalue weighted by atomic mass is 9.97. The van der Waals surface area contributed by atoms with Gasteiger partial charge in [0.25, 0.3) is 11.8 Å². The first kappa shape index (κ1) is 21.0. The number of amides is 2. The van der Waals surface area contributed by atoms with Crippen molar-refractivity contribution in [2.75, 3.05) is 12.4 Å². The van der Waals surface area contributed by atoms with Crippen molar-refractivity contribution in [3.8, 4) is 0 Å². The van der Waals surface area contributed by atoms with Gasteiger partial charge in [0.2, 0.25) is 6.23 Å². The van der Waals surface area contributed by atoms with Gasteiger partial charge >= 0.3 is 0 Å². The fraction of sp³-hybridized carbons (Fsp3) is 0.120. The van der Waals surface area contributed by atoms with E-state index in [0.29, 0.717) is 11.3 Å². The molecule has 0 aromatic heterocycles. The average Bonchev–Trinajstić information content (AvgIpc) is 2.78. The van der Waals surface area contributed by atoms with Gasteiger partial charge in [0, 0.05) is 23.9 Å². The minimum atomic E-state index is -1.14. The summed E-state index contributed by atoms with van der Waals surface area (Å²) in [5, 5.41) is 5.47. The van der Waals surface area contributed by atoms with E-state index in [4.69, 9.17) is 4.74 Å². The van der Waals surface area contributed by atoms with E-state index in [0.717, 1.165) is 22.3 Å². The molecule has 0 heterocycles. The highest BCUT2D eigenvalue weighted by Gasteiger charge is 2.22. The summed E-state index contributed by atoms with van der Waals surface area (Å²) in [6.45, 7) is 6.13. The Labute approximate surface area is 176 Å². The molecular formula is C25H24N2O3. The molecule has 3 aromatic carbocycles. The quantitative estimate of drug-likeness (QED) is 0.578. The van der Waals surface area contributed by atoms with E-state index in [2.05, 4.69) is 17.2 Å². The number of ether oxygens (including phenoxy) is 1. The van der Waals surface area contributed by atoms with Gasteiger partial charge in [0.15, 0.2) is 0 Å². The SMILES string of the molecule is C=C(c1ccccc1)c1ccc(C)cc1NC(=O)C(NC(=O)c1ccccc1)OC. The Kier molecular flexibility index (Phi) is 6.78. The van der Waals surface area contributed by atoms with Crippen molar-refractivity contribution < 1.29 is 14.3 Å². The van der Waals surface area contributed by atoms with Gasteiger partial charge in [0.1, 0.15) is 0 Å². The van der Waals surface area contributed by atoms with Crippen molar-refractivity contribution in [3.63, 3.8) is 0 Å². The fourth-order valence-corrected chi connectivity index (χ4v) is 3.04. The van der Waals surface area contributed by atoms with Gasteiger partial charge in [-0.25, -0.2) is 0 Å². The Morgan fingerprint density at radius 1 is 0.900 bits per heavy atom. The molecule has 0 aliphatic rings. The zero-order valence-corrected chi connectivity index (χ0v) is 17.0. The van der Waals surface area contributed by atoms with Crippen molar-refractivity contribution in [3.05, 3.63) is 108 Å². The summed E-state index contributed by atoms with van der Waals surface area (Å²) in [4.78, 5) is 25.3. The Hall–Kier alpha value is -3.70. The van der Waals surface area contributed by atoms with Gasteiger partial charge < -0.3 is 15.4 Å². The molecule has 5 heteroatoms. The first-order chi connectivity index (χ1) is 14.5. The highest BCUT2D eigenvalue weighted by atomic mass is 16.5. The van der Waals surface area contributed by atoms with Crippen LogP contribution in [-0.2, 0) is 9.53 Å². The maximum atomic E-state index is 12.9. The summed E-state index contributed by atoms with van der Waals surface area (Å²) in [5.41, 5.74) is 4.57. The van der Waals surface area contributed by atoms with Gasteiger partial charge in [-0.05, 0) is 41.8 Å². The Bertz CT molecular complexity index is 1050. The normalized spacial score (nSPS) is 11.4. The lowest BCUT2D eigenvalue weighted by Gasteiger charge is -2.19. The minimum absolute atomic E-state index is 0.393. The number of aryl methyl sites for hydroxylation is 1. The summed E-state index contributed by atoms with van der Waals surface area (Å²) < 4.78 is 5.23. The molecule has 0 aliphatic carbocycles. The van der Waals surface area contributed by atoms with Crippen LogP contribution in [0.2, 0.25) is 0 Å². The van der Waals surface area contributed by atoms with E-state index in [1.807, 2.05) is 61.5 Å². The molecule has 0 fully saturated rings. The second-order valence-corrected chi connectivity index (χ2v) is 6.84. The highest BCUT2D eigenvalue weighted by Crippen LogP contribution is 2.29. The van der Waals surface area contributed by atoms with Gasteiger partial charge in [-0.3, -0.25) is 9.59 Å². The van der Waals surface area contributed by atoms with Gasteiger partial charge in [-0.15, -0.1) is 0 Å². The molecule has 0 spiro atoms. The van der Waals surface area contributed by atoms with E-state index in [1.54, 1.807) is 24.3 Å². The van der Waals surface area contributed by atoms with E-state index in [-0.39, 0.29) is 0 Å². The van der Waals surface area contributed by atoms with Gasteiger partial charge in [0.05, 0.1) is 0 Å². The maximum Gasteiger partial charge on any atom is 0.274 e. The second kappa shape index (κ2) is 9.67. The molecule has 2 amide bonds. The number of carbonyl (C=O) groups excluding carboxylic acids is 2. The predicted octanol–water partition coefficient (Wildman–Crippen LogP) is 4.40. The molecule has 0 saturated heterocycles. The number of benzene rings is 3. The molecule has 30 heavy (non-hydrogen) atoms. The maximum absolute atomic E-state index is 12.9. The molecule has 1 unspecified atom stereocenters. The van der Waals surface area contributed by atoms with Crippen LogP contribution in [0.1, 0.15) is 27.0 Å². The minimum Gasteiger partial charge on any atom is -0.353 e. The van der Waals surface area contributed by atoms with Crippen molar-refractivity contribution in [2.24, 2.45) is 0 Å². The summed E-state index contributed by atoms with van der Waals surface area (Å²) in [6.07, 6.45) is -1.14. The number of methoxy groups -OCH3 is 1. The standard InChI is InChI=1S/C25H24N2O3/c1-17-14-15-21(18(2)19-10-6-4-7-11-19)22(16-17)26-24(29)25(30-3)27-23(28)20-12-8-5-9-13-20/h4-16,25H,2H2,1,3H3,(H,26,29)(H,27,28). The summed E-state index contributed by atoms with van der Waals surface area (Å²) >= 11 is 0. The number of rotatable bonds is 7. The van der Waals surface area contributed by atoms with Crippen molar-refractivity contribution in [1.29, 1.82) is 0 Å². The number of nitrogens with one attached hydrogen (secondary N) is 2. The molecule has 3 aromatic rings. The van der Waals surface area contributed by atoms with Crippen LogP contribution in [0.3, 0.4) is 0 Å². The average molecular weight is 400 g/mol. The molecular weight excluding hydrogens is 376 g/mol. The van der Waals surface area contributed by atoms with E-state index >= 15 is 0 Å².